The van der Waals surface area contributed by atoms with Crippen molar-refractivity contribution in [2.45, 2.75) is 31.6 Å². The maximum absolute atomic E-state index is 12.3. The number of nitrogens with two attached hydrogens (primary N) is 1. The number of aromatic amines is 1. The lowest BCUT2D eigenvalue weighted by Crippen LogP contribution is -2.34. The van der Waals surface area contributed by atoms with Crippen LogP contribution in [0, 0.1) is 12.8 Å². The molecule has 0 radical (unpaired) electrons. The molecule has 1 aromatic rings. The maximum Gasteiger partial charge on any atom is 0.275 e. The van der Waals surface area contributed by atoms with Crippen LogP contribution < -0.4 is 5.14 Å². The number of sulfonamides is 1. The van der Waals surface area contributed by atoms with E-state index in [-0.39, 0.29) is 22.2 Å². The molecule has 0 aromatic carbocycles. The molecule has 1 aliphatic carbocycles. The Hall–Kier alpha value is -1.41. The van der Waals surface area contributed by atoms with Gasteiger partial charge in [0.2, 0.25) is 10.0 Å². The molecule has 1 aliphatic rings. The molecule has 0 saturated heterocycles. The molecule has 0 spiro atoms. The van der Waals surface area contributed by atoms with E-state index in [9.17, 15) is 13.2 Å². The summed E-state index contributed by atoms with van der Waals surface area (Å²) in [5.41, 5.74) is 0.177. The fraction of sp³-hybridized carbons (Fsp3) is 0.636. The molecule has 1 heterocycles. The van der Waals surface area contributed by atoms with Gasteiger partial charge in [-0.05, 0) is 32.6 Å². The Balaban J connectivity index is 2.32. The van der Waals surface area contributed by atoms with Gasteiger partial charge in [-0.2, -0.15) is 5.10 Å². The average Bonchev–Trinajstić information content (AvgIpc) is 3.04. The second-order valence-corrected chi connectivity index (χ2v) is 6.36. The van der Waals surface area contributed by atoms with Crippen LogP contribution in [0.4, 0.5) is 0 Å². The summed E-state index contributed by atoms with van der Waals surface area (Å²) in [6.45, 7) is 4.55. The van der Waals surface area contributed by atoms with Crippen LogP contribution in [0.3, 0.4) is 0 Å². The van der Waals surface area contributed by atoms with E-state index in [1.165, 1.54) is 6.92 Å². The highest BCUT2D eigenvalue weighted by molar-refractivity contribution is 7.89. The van der Waals surface area contributed by atoms with E-state index in [1.54, 1.807) is 4.90 Å². The summed E-state index contributed by atoms with van der Waals surface area (Å²) in [5, 5.41) is 11.5. The number of carbonyl (C=O) groups excluding carboxylic acids is 1. The maximum atomic E-state index is 12.3. The van der Waals surface area contributed by atoms with Crippen LogP contribution in [0.5, 0.6) is 0 Å². The fourth-order valence-corrected chi connectivity index (χ4v) is 2.90. The standard InChI is InChI=1S/C11H18N4O3S/c1-3-15(6-8-4-5-8)11(16)9-10(19(12,17)18)7(2)13-14-9/h8H,3-6H2,1-2H3,(H,13,14)(H2,12,17,18). The zero-order valence-electron chi connectivity index (χ0n) is 11.0. The van der Waals surface area contributed by atoms with Crippen LogP contribution in [0.1, 0.15) is 35.9 Å². The Morgan fingerprint density at radius 2 is 2.16 bits per heavy atom. The molecule has 106 valence electrons. The van der Waals surface area contributed by atoms with Gasteiger partial charge in [-0.1, -0.05) is 0 Å². The predicted octanol–water partition coefficient (Wildman–Crippen LogP) is 0.238. The van der Waals surface area contributed by atoms with Crippen molar-refractivity contribution in [3.63, 3.8) is 0 Å². The second kappa shape index (κ2) is 4.93. The zero-order chi connectivity index (χ0) is 14.2. The number of hydrogen-bond donors (Lipinski definition) is 2. The minimum Gasteiger partial charge on any atom is -0.337 e. The molecular formula is C11H18N4O3S. The van der Waals surface area contributed by atoms with Crippen molar-refractivity contribution >= 4 is 15.9 Å². The smallest absolute Gasteiger partial charge is 0.275 e. The summed E-state index contributed by atoms with van der Waals surface area (Å²) in [6, 6.07) is 0. The van der Waals surface area contributed by atoms with E-state index in [0.29, 0.717) is 19.0 Å². The third-order valence-corrected chi connectivity index (χ3v) is 4.29. The van der Waals surface area contributed by atoms with Crippen LogP contribution >= 0.6 is 0 Å². The van der Waals surface area contributed by atoms with Crippen molar-refractivity contribution in [2.75, 3.05) is 13.1 Å². The summed E-state index contributed by atoms with van der Waals surface area (Å²) < 4.78 is 23.1. The number of aromatic nitrogens is 2. The Kier molecular flexibility index (Phi) is 3.64. The predicted molar refractivity (Wildman–Crippen MR) is 69.0 cm³/mol. The molecule has 0 aliphatic heterocycles. The first-order valence-corrected chi connectivity index (χ1v) is 7.76. The summed E-state index contributed by atoms with van der Waals surface area (Å²) in [4.78, 5) is 13.8. The first-order valence-electron chi connectivity index (χ1n) is 6.21. The van der Waals surface area contributed by atoms with Gasteiger partial charge in [0.25, 0.3) is 5.91 Å². The number of aryl methyl sites for hydroxylation is 1. The first-order chi connectivity index (χ1) is 8.84. The van der Waals surface area contributed by atoms with Gasteiger partial charge in [-0.3, -0.25) is 9.89 Å². The Morgan fingerprint density at radius 3 is 2.63 bits per heavy atom. The molecule has 8 heteroatoms. The first kappa shape index (κ1) is 14.0. The van der Waals surface area contributed by atoms with E-state index in [4.69, 9.17) is 5.14 Å². The van der Waals surface area contributed by atoms with Crippen molar-refractivity contribution in [2.24, 2.45) is 11.1 Å². The fourth-order valence-electron chi connectivity index (χ4n) is 2.03. The minimum absolute atomic E-state index is 0.109. The van der Waals surface area contributed by atoms with Gasteiger partial charge in [0.05, 0.1) is 5.69 Å². The molecule has 1 fully saturated rings. The molecule has 19 heavy (non-hydrogen) atoms. The molecule has 1 amide bonds. The van der Waals surface area contributed by atoms with E-state index < -0.39 is 10.0 Å². The quantitative estimate of drug-likeness (QED) is 0.807. The lowest BCUT2D eigenvalue weighted by atomic mass is 10.3. The summed E-state index contributed by atoms with van der Waals surface area (Å²) in [7, 11) is -3.96. The third-order valence-electron chi connectivity index (χ3n) is 3.22. The molecule has 0 atom stereocenters. The summed E-state index contributed by atoms with van der Waals surface area (Å²) in [6.07, 6.45) is 2.23. The van der Waals surface area contributed by atoms with Gasteiger partial charge in [0.15, 0.2) is 5.69 Å². The number of amides is 1. The van der Waals surface area contributed by atoms with E-state index >= 15 is 0 Å². The molecular weight excluding hydrogens is 268 g/mol. The topological polar surface area (TPSA) is 109 Å². The van der Waals surface area contributed by atoms with Crippen molar-refractivity contribution in [1.29, 1.82) is 0 Å². The van der Waals surface area contributed by atoms with Crippen LogP contribution in [-0.2, 0) is 10.0 Å². The monoisotopic (exact) mass is 286 g/mol. The lowest BCUT2D eigenvalue weighted by Gasteiger charge is -2.19. The molecule has 1 aromatic heterocycles. The number of primary sulfonamides is 1. The molecule has 7 nitrogen and oxygen atoms in total. The molecule has 0 bridgehead atoms. The Bertz CT molecular complexity index is 589. The number of nitrogens with one attached hydrogen (secondary N) is 1. The van der Waals surface area contributed by atoms with Gasteiger partial charge < -0.3 is 4.90 Å². The Morgan fingerprint density at radius 1 is 1.53 bits per heavy atom. The largest absolute Gasteiger partial charge is 0.337 e. The normalized spacial score (nSPS) is 15.5. The average molecular weight is 286 g/mol. The molecule has 0 unspecified atom stereocenters. The molecule has 2 rings (SSSR count). The van der Waals surface area contributed by atoms with Gasteiger partial charge in [-0.25, -0.2) is 13.6 Å². The lowest BCUT2D eigenvalue weighted by molar-refractivity contribution is 0.0747. The van der Waals surface area contributed by atoms with E-state index in [1.807, 2.05) is 6.92 Å². The highest BCUT2D eigenvalue weighted by atomic mass is 32.2. The van der Waals surface area contributed by atoms with Crippen molar-refractivity contribution in [3.8, 4) is 0 Å². The minimum atomic E-state index is -3.96. The van der Waals surface area contributed by atoms with Crippen molar-refractivity contribution < 1.29 is 13.2 Å². The van der Waals surface area contributed by atoms with Gasteiger partial charge in [0.1, 0.15) is 4.90 Å². The third kappa shape index (κ3) is 2.95. The summed E-state index contributed by atoms with van der Waals surface area (Å²) in [5.74, 6) is 0.143. The number of carbonyl (C=O) groups is 1. The SMILES string of the molecule is CCN(CC1CC1)C(=O)c1n[nH]c(C)c1S(N)(=O)=O. The molecule has 1 saturated carbocycles. The van der Waals surface area contributed by atoms with Crippen LogP contribution in [0.25, 0.3) is 0 Å². The van der Waals surface area contributed by atoms with E-state index in [0.717, 1.165) is 12.8 Å². The van der Waals surface area contributed by atoms with Crippen LogP contribution in [0.2, 0.25) is 0 Å². The van der Waals surface area contributed by atoms with Gasteiger partial charge >= 0.3 is 0 Å². The summed E-state index contributed by atoms with van der Waals surface area (Å²) >= 11 is 0. The van der Waals surface area contributed by atoms with E-state index in [2.05, 4.69) is 10.2 Å². The number of hydrogen-bond acceptors (Lipinski definition) is 4. The number of H-pyrrole nitrogens is 1. The zero-order valence-corrected chi connectivity index (χ0v) is 11.8. The highest BCUT2D eigenvalue weighted by Crippen LogP contribution is 2.30. The van der Waals surface area contributed by atoms with Gasteiger partial charge in [0, 0.05) is 13.1 Å². The van der Waals surface area contributed by atoms with Crippen molar-refractivity contribution in [3.05, 3.63) is 11.4 Å². The van der Waals surface area contributed by atoms with Gasteiger partial charge in [-0.15, -0.1) is 0 Å². The van der Waals surface area contributed by atoms with Crippen LogP contribution in [0.15, 0.2) is 4.90 Å². The van der Waals surface area contributed by atoms with Crippen molar-refractivity contribution in [1.82, 2.24) is 15.1 Å². The second-order valence-electron chi connectivity index (χ2n) is 4.86. The molecule has 3 N–H and O–H groups in total. The Labute approximate surface area is 112 Å². The highest BCUT2D eigenvalue weighted by Gasteiger charge is 2.31. The van der Waals surface area contributed by atoms with Crippen LogP contribution in [-0.4, -0.2) is 42.5 Å². The number of nitrogens with zero attached hydrogens (tertiary/aromatic N) is 2. The number of rotatable bonds is 5.